The lowest BCUT2D eigenvalue weighted by atomic mass is 9.75. The summed E-state index contributed by atoms with van der Waals surface area (Å²) in [5.41, 5.74) is 0. The second-order valence-electron chi connectivity index (χ2n) is 4.01. The zero-order valence-corrected chi connectivity index (χ0v) is 6.79. The molecular formula is C9H16O2. The summed E-state index contributed by atoms with van der Waals surface area (Å²) in [6.45, 7) is 2.49. The Hall–Kier alpha value is -0.0800. The molecule has 1 saturated heterocycles. The molecule has 0 amide bonds. The minimum atomic E-state index is 0.618. The zero-order valence-electron chi connectivity index (χ0n) is 7.79. The van der Waals surface area contributed by atoms with Gasteiger partial charge in [0.1, 0.15) is 0 Å². The van der Waals surface area contributed by atoms with Crippen LogP contribution in [0.4, 0.5) is 0 Å². The number of rotatable bonds is 2. The highest BCUT2D eigenvalue weighted by Crippen LogP contribution is 2.36. The number of hydrogen-bond acceptors (Lipinski definition) is 2. The maximum atomic E-state index is 6.71. The Balaban J connectivity index is 1.87. The van der Waals surface area contributed by atoms with Crippen molar-refractivity contribution >= 4 is 0 Å². The molecule has 2 aliphatic rings. The van der Waals surface area contributed by atoms with Gasteiger partial charge in [-0.25, -0.2) is 0 Å². The molecule has 1 aliphatic carbocycles. The van der Waals surface area contributed by atoms with Crippen molar-refractivity contribution in [2.45, 2.75) is 19.3 Å². The molecule has 0 aromatic rings. The fourth-order valence-corrected chi connectivity index (χ4v) is 2.51. The Kier molecular flexibility index (Phi) is 1.82. The van der Waals surface area contributed by atoms with Crippen LogP contribution in [0.5, 0.6) is 0 Å². The predicted molar refractivity (Wildman–Crippen MR) is 42.2 cm³/mol. The fraction of sp³-hybridized carbons (Fsp3) is 1.00. The Bertz CT molecular complexity index is 139. The van der Waals surface area contributed by atoms with Crippen molar-refractivity contribution in [2.24, 2.45) is 17.8 Å². The van der Waals surface area contributed by atoms with Crippen LogP contribution in [0.2, 0.25) is 0 Å². The maximum Gasteiger partial charge on any atom is 0.210 e. The molecule has 2 rings (SSSR count). The van der Waals surface area contributed by atoms with Crippen molar-refractivity contribution in [2.75, 3.05) is 19.8 Å². The topological polar surface area (TPSA) is 29.5 Å². The highest BCUT2D eigenvalue weighted by Gasteiger charge is 2.31. The molecule has 2 heteroatoms. The van der Waals surface area contributed by atoms with Crippen molar-refractivity contribution in [1.29, 1.82) is 1.43 Å². The van der Waals surface area contributed by atoms with E-state index in [4.69, 9.17) is 6.17 Å². The van der Waals surface area contributed by atoms with E-state index in [1.54, 1.807) is 0 Å². The van der Waals surface area contributed by atoms with Crippen LogP contribution in [-0.2, 0) is 4.74 Å². The van der Waals surface area contributed by atoms with Crippen LogP contribution in [0.15, 0.2) is 0 Å². The number of ether oxygens (including phenoxy) is 1. The van der Waals surface area contributed by atoms with Crippen LogP contribution in [0, 0.1) is 17.8 Å². The summed E-state index contributed by atoms with van der Waals surface area (Å²) in [6, 6.07) is 0. The molecule has 1 unspecified atom stereocenters. The fourth-order valence-electron chi connectivity index (χ4n) is 2.51. The van der Waals surface area contributed by atoms with E-state index in [1.165, 1.54) is 19.3 Å². The number of aliphatic hydroxyl groups is 1. The molecule has 3 atom stereocenters. The van der Waals surface area contributed by atoms with Crippen LogP contribution in [0.1, 0.15) is 19.3 Å². The van der Waals surface area contributed by atoms with Gasteiger partial charge in [0.25, 0.3) is 0 Å². The summed E-state index contributed by atoms with van der Waals surface area (Å²) in [6.07, 6.45) is 3.75. The molecule has 0 radical (unpaired) electrons. The minimum Gasteiger partial charge on any atom is -0.396 e. The smallest absolute Gasteiger partial charge is 0.210 e. The molecule has 11 heavy (non-hydrogen) atoms. The molecule has 1 heterocycles. The quantitative estimate of drug-likeness (QED) is 0.649. The van der Waals surface area contributed by atoms with Gasteiger partial charge in [-0.2, -0.15) is 0 Å². The van der Waals surface area contributed by atoms with Crippen molar-refractivity contribution < 1.29 is 9.85 Å². The third kappa shape index (κ3) is 1.57. The first-order chi connectivity index (χ1) is 5.88. The Labute approximate surface area is 69.0 Å². The van der Waals surface area contributed by atoms with E-state index in [9.17, 15) is 0 Å². The number of fused-ring (bicyclic) bond motifs is 2. The lowest BCUT2D eigenvalue weighted by Gasteiger charge is -2.38. The van der Waals surface area contributed by atoms with Gasteiger partial charge in [-0.15, -0.1) is 0 Å². The van der Waals surface area contributed by atoms with Crippen LogP contribution in [0.3, 0.4) is 0 Å². The Morgan fingerprint density at radius 3 is 2.64 bits per heavy atom. The monoisotopic (exact) mass is 157 g/mol. The Morgan fingerprint density at radius 1 is 1.27 bits per heavy atom. The third-order valence-corrected chi connectivity index (χ3v) is 2.94. The van der Waals surface area contributed by atoms with Gasteiger partial charge in [-0.05, 0) is 37.0 Å². The molecule has 2 bridgehead atoms. The molecular weight excluding hydrogens is 140 g/mol. The average molecular weight is 157 g/mol. The molecule has 2 fully saturated rings. The lowest BCUT2D eigenvalue weighted by Crippen LogP contribution is -2.34. The highest BCUT2D eigenvalue weighted by molar-refractivity contribution is 4.81. The third-order valence-electron chi connectivity index (χ3n) is 2.94. The summed E-state index contributed by atoms with van der Waals surface area (Å²) in [7, 11) is 0. The SMILES string of the molecule is [2H]OCC1C[C@H]2COC[C@@H](C1)C2. The maximum absolute atomic E-state index is 6.71. The van der Waals surface area contributed by atoms with Gasteiger partial charge in [0.15, 0.2) is 0 Å². The molecule has 1 saturated carbocycles. The normalized spacial score (nSPS) is 45.1. The van der Waals surface area contributed by atoms with Gasteiger partial charge in [0.05, 0.1) is 0 Å². The van der Waals surface area contributed by atoms with Crippen molar-refractivity contribution in [1.82, 2.24) is 0 Å². The Morgan fingerprint density at radius 2 is 2.00 bits per heavy atom. The van der Waals surface area contributed by atoms with E-state index in [1.807, 2.05) is 0 Å². The summed E-state index contributed by atoms with van der Waals surface area (Å²) in [5.74, 6) is 2.12. The summed E-state index contributed by atoms with van der Waals surface area (Å²) in [4.78, 5) is 0. The van der Waals surface area contributed by atoms with Gasteiger partial charge in [-0.1, -0.05) is 0 Å². The highest BCUT2D eigenvalue weighted by atomic mass is 16.5. The molecule has 64 valence electrons. The van der Waals surface area contributed by atoms with Gasteiger partial charge in [0.2, 0.25) is 1.43 Å². The van der Waals surface area contributed by atoms with E-state index in [-0.39, 0.29) is 0 Å². The number of hydrogen-bond donors (Lipinski definition) is 1. The van der Waals surface area contributed by atoms with Crippen LogP contribution < -0.4 is 0 Å². The van der Waals surface area contributed by atoms with Crippen molar-refractivity contribution in [3.8, 4) is 0 Å². The number of aliphatic hydroxyl groups excluding tert-OH is 1. The van der Waals surface area contributed by atoms with Gasteiger partial charge in [0, 0.05) is 19.8 Å². The van der Waals surface area contributed by atoms with E-state index in [0.29, 0.717) is 12.5 Å². The van der Waals surface area contributed by atoms with Crippen LogP contribution >= 0.6 is 0 Å². The van der Waals surface area contributed by atoms with Crippen molar-refractivity contribution in [3.63, 3.8) is 0 Å². The first-order valence-electron chi connectivity index (χ1n) is 4.95. The first kappa shape index (κ1) is 6.44. The minimum absolute atomic E-state index is 0.618. The summed E-state index contributed by atoms with van der Waals surface area (Å²) < 4.78 is 12.2. The molecule has 1 aliphatic heterocycles. The van der Waals surface area contributed by atoms with E-state index in [2.05, 4.69) is 5.11 Å². The molecule has 0 aromatic carbocycles. The molecule has 1 N–H and O–H groups in total. The standard InChI is InChI=1S/C9H16O2/c10-4-7-1-8-3-9(2-7)6-11-5-8/h7-10H,1-6H2/t7?,8-,9+/i10D. The van der Waals surface area contributed by atoms with Crippen LogP contribution in [0.25, 0.3) is 0 Å². The molecule has 2 nitrogen and oxygen atoms in total. The summed E-state index contributed by atoms with van der Waals surface area (Å²) >= 11 is 0. The zero-order chi connectivity index (χ0) is 8.39. The second kappa shape index (κ2) is 3.11. The molecule has 0 spiro atoms. The van der Waals surface area contributed by atoms with Crippen LogP contribution in [-0.4, -0.2) is 26.4 Å². The summed E-state index contributed by atoms with van der Waals surface area (Å²) in [5, 5.41) is 4.46. The average Bonchev–Trinajstić information content (AvgIpc) is 2.04. The van der Waals surface area contributed by atoms with Crippen molar-refractivity contribution in [3.05, 3.63) is 0 Å². The largest absolute Gasteiger partial charge is 0.396 e. The van der Waals surface area contributed by atoms with E-state index < -0.39 is 0 Å². The van der Waals surface area contributed by atoms with Gasteiger partial charge < -0.3 is 9.85 Å². The van der Waals surface area contributed by atoms with Gasteiger partial charge in [-0.3, -0.25) is 0 Å². The van der Waals surface area contributed by atoms with E-state index in [0.717, 1.165) is 25.0 Å². The van der Waals surface area contributed by atoms with Gasteiger partial charge >= 0.3 is 0 Å². The van der Waals surface area contributed by atoms with E-state index >= 15 is 0 Å². The predicted octanol–water partition coefficient (Wildman–Crippen LogP) is 1.04. The molecule has 0 aromatic heterocycles. The second-order valence-corrected chi connectivity index (χ2v) is 4.01. The first-order valence-corrected chi connectivity index (χ1v) is 4.54. The lowest BCUT2D eigenvalue weighted by molar-refractivity contribution is -0.0346.